The molecule has 196 valence electrons. The third-order valence-corrected chi connectivity index (χ3v) is 6.90. The Balaban J connectivity index is 0.00000320. The van der Waals surface area contributed by atoms with Crippen molar-refractivity contribution in [2.24, 2.45) is 7.05 Å². The molecule has 1 fully saturated rings. The van der Waals surface area contributed by atoms with Gasteiger partial charge in [-0.05, 0) is 35.2 Å². The number of carbonyl (C=O) groups is 2. The van der Waals surface area contributed by atoms with Gasteiger partial charge in [0.1, 0.15) is 5.82 Å². The van der Waals surface area contributed by atoms with Gasteiger partial charge in [0.25, 0.3) is 0 Å². The lowest BCUT2D eigenvalue weighted by molar-refractivity contribution is -0.125. The molecule has 37 heavy (non-hydrogen) atoms. The molecule has 0 saturated carbocycles. The number of nitrogens with one attached hydrogen (secondary N) is 1. The van der Waals surface area contributed by atoms with Crippen molar-refractivity contribution < 1.29 is 14.3 Å². The predicted molar refractivity (Wildman–Crippen MR) is 147 cm³/mol. The molecule has 5 rings (SSSR count). The number of rotatable bonds is 7. The maximum atomic E-state index is 12.8. The number of fused-ring (bicyclic) bond motifs is 2. The van der Waals surface area contributed by atoms with Crippen molar-refractivity contribution in [2.75, 3.05) is 51.8 Å². The summed E-state index contributed by atoms with van der Waals surface area (Å²) in [6.45, 7) is 5.74. The number of pyridine rings is 1. The third-order valence-electron chi connectivity index (χ3n) is 6.90. The van der Waals surface area contributed by atoms with Gasteiger partial charge < -0.3 is 19.1 Å². The van der Waals surface area contributed by atoms with Crippen LogP contribution in [-0.2, 0) is 29.7 Å². The molecule has 0 spiro atoms. The first-order chi connectivity index (χ1) is 17.5. The molecule has 4 heterocycles. The standard InChI is InChI=1S/C27H32N6O3.ClH/c1-30(19-23-16-21-5-3-4-6-24(21)31(23)2)25(34)8-7-20-15-22-18-33(27(35)29-26(22)28-17-20)10-9-32-11-13-36-14-12-32;/h3-8,15-17H,9-14,18-19H2,1-2H3,(H,28,29,35);1H. The quantitative estimate of drug-likeness (QED) is 0.479. The fourth-order valence-corrected chi connectivity index (χ4v) is 4.69. The number of morpholine rings is 1. The number of likely N-dealkylation sites (N-methyl/N-ethyl adjacent to an activating group) is 1. The normalized spacial score (nSPS) is 15.9. The highest BCUT2D eigenvalue weighted by Gasteiger charge is 2.24. The molecule has 0 atom stereocenters. The maximum absolute atomic E-state index is 12.8. The molecule has 0 radical (unpaired) electrons. The summed E-state index contributed by atoms with van der Waals surface area (Å²) >= 11 is 0. The average Bonchev–Trinajstić information content (AvgIpc) is 3.21. The van der Waals surface area contributed by atoms with Gasteiger partial charge in [-0.25, -0.2) is 9.78 Å². The Bertz CT molecular complexity index is 1300. The number of aromatic nitrogens is 2. The second kappa shape index (κ2) is 11.8. The molecule has 1 saturated heterocycles. The Morgan fingerprint density at radius 1 is 1.19 bits per heavy atom. The summed E-state index contributed by atoms with van der Waals surface area (Å²) in [6, 6.07) is 12.2. The topological polar surface area (TPSA) is 82.9 Å². The molecule has 9 nitrogen and oxygen atoms in total. The summed E-state index contributed by atoms with van der Waals surface area (Å²) in [5.41, 5.74) is 3.98. The van der Waals surface area contributed by atoms with Crippen LogP contribution in [0.4, 0.5) is 10.6 Å². The van der Waals surface area contributed by atoms with Crippen LogP contribution in [0.25, 0.3) is 17.0 Å². The van der Waals surface area contributed by atoms with Gasteiger partial charge in [-0.1, -0.05) is 18.2 Å². The minimum Gasteiger partial charge on any atom is -0.379 e. The van der Waals surface area contributed by atoms with E-state index in [1.54, 1.807) is 35.2 Å². The van der Waals surface area contributed by atoms with E-state index in [0.29, 0.717) is 25.5 Å². The number of nitrogens with zero attached hydrogens (tertiary/aromatic N) is 5. The van der Waals surface area contributed by atoms with Crippen molar-refractivity contribution in [1.29, 1.82) is 0 Å². The molecule has 0 unspecified atom stereocenters. The van der Waals surface area contributed by atoms with Crippen LogP contribution in [0.15, 0.2) is 48.7 Å². The van der Waals surface area contributed by atoms with Crippen LogP contribution in [0.5, 0.6) is 0 Å². The van der Waals surface area contributed by atoms with Crippen LogP contribution in [-0.4, -0.2) is 82.6 Å². The lowest BCUT2D eigenvalue weighted by Gasteiger charge is -2.32. The largest absolute Gasteiger partial charge is 0.379 e. The van der Waals surface area contributed by atoms with Gasteiger partial charge in [-0.2, -0.15) is 0 Å². The van der Waals surface area contributed by atoms with Gasteiger partial charge in [0.15, 0.2) is 0 Å². The third kappa shape index (κ3) is 6.12. The van der Waals surface area contributed by atoms with E-state index in [4.69, 9.17) is 4.74 Å². The number of anilines is 1. The Morgan fingerprint density at radius 2 is 1.97 bits per heavy atom. The molecule has 10 heteroatoms. The number of carbonyl (C=O) groups excluding carboxylic acids is 2. The van der Waals surface area contributed by atoms with Crippen LogP contribution in [0.1, 0.15) is 16.8 Å². The molecule has 2 aliphatic heterocycles. The van der Waals surface area contributed by atoms with Gasteiger partial charge in [-0.15, -0.1) is 12.4 Å². The minimum absolute atomic E-state index is 0. The van der Waals surface area contributed by atoms with E-state index in [0.717, 1.165) is 60.6 Å². The maximum Gasteiger partial charge on any atom is 0.323 e. The zero-order valence-electron chi connectivity index (χ0n) is 21.2. The number of halogens is 1. The lowest BCUT2D eigenvalue weighted by Crippen LogP contribution is -2.45. The van der Waals surface area contributed by atoms with Crippen molar-refractivity contribution in [3.8, 4) is 0 Å². The second-order valence-corrected chi connectivity index (χ2v) is 9.36. The molecular weight excluding hydrogens is 492 g/mol. The highest BCUT2D eigenvalue weighted by Crippen LogP contribution is 2.23. The van der Waals surface area contributed by atoms with Crippen LogP contribution < -0.4 is 5.32 Å². The van der Waals surface area contributed by atoms with Crippen molar-refractivity contribution in [3.63, 3.8) is 0 Å². The first kappa shape index (κ1) is 26.7. The highest BCUT2D eigenvalue weighted by molar-refractivity contribution is 5.93. The summed E-state index contributed by atoms with van der Waals surface area (Å²) in [7, 11) is 3.82. The lowest BCUT2D eigenvalue weighted by atomic mass is 10.1. The van der Waals surface area contributed by atoms with Crippen molar-refractivity contribution >= 4 is 47.1 Å². The van der Waals surface area contributed by atoms with Gasteiger partial charge >= 0.3 is 6.03 Å². The number of ether oxygens (including phenoxy) is 1. The van der Waals surface area contributed by atoms with E-state index in [1.807, 2.05) is 25.2 Å². The highest BCUT2D eigenvalue weighted by atomic mass is 35.5. The van der Waals surface area contributed by atoms with Gasteiger partial charge in [0.05, 0.1) is 26.3 Å². The molecule has 3 aromatic rings. The number of benzene rings is 1. The zero-order chi connectivity index (χ0) is 25.1. The monoisotopic (exact) mass is 524 g/mol. The van der Waals surface area contributed by atoms with Crippen molar-refractivity contribution in [3.05, 3.63) is 65.5 Å². The van der Waals surface area contributed by atoms with E-state index in [9.17, 15) is 9.59 Å². The molecule has 0 aliphatic carbocycles. The summed E-state index contributed by atoms with van der Waals surface area (Å²) in [5.74, 6) is 0.498. The van der Waals surface area contributed by atoms with E-state index in [-0.39, 0.29) is 24.3 Å². The van der Waals surface area contributed by atoms with E-state index < -0.39 is 0 Å². The molecule has 2 aliphatic rings. The van der Waals surface area contributed by atoms with E-state index in [2.05, 4.69) is 38.0 Å². The zero-order valence-corrected chi connectivity index (χ0v) is 22.0. The van der Waals surface area contributed by atoms with Gasteiger partial charge in [0.2, 0.25) is 5.91 Å². The van der Waals surface area contributed by atoms with Gasteiger partial charge in [-0.3, -0.25) is 15.0 Å². The van der Waals surface area contributed by atoms with Crippen molar-refractivity contribution in [2.45, 2.75) is 13.1 Å². The fourth-order valence-electron chi connectivity index (χ4n) is 4.69. The molecule has 2 aromatic heterocycles. The molecule has 1 N–H and O–H groups in total. The smallest absolute Gasteiger partial charge is 0.323 e. The first-order valence-electron chi connectivity index (χ1n) is 12.3. The average molecular weight is 525 g/mol. The Labute approximate surface area is 223 Å². The number of para-hydroxylation sites is 1. The number of hydrogen-bond donors (Lipinski definition) is 1. The SMILES string of the molecule is CN(Cc1cc2ccccc2n1C)C(=O)C=Cc1cnc2c(c1)CN(CCN1CCOCC1)C(=O)N2.Cl. The Kier molecular flexibility index (Phi) is 8.48. The van der Waals surface area contributed by atoms with E-state index in [1.165, 1.54) is 0 Å². The Hall–Kier alpha value is -3.40. The number of amides is 3. The molecule has 3 amide bonds. The van der Waals surface area contributed by atoms with E-state index >= 15 is 0 Å². The first-order valence-corrected chi connectivity index (χ1v) is 12.3. The molecule has 1 aromatic carbocycles. The van der Waals surface area contributed by atoms with Crippen LogP contribution >= 0.6 is 12.4 Å². The number of urea groups is 1. The van der Waals surface area contributed by atoms with Crippen molar-refractivity contribution in [1.82, 2.24) is 24.3 Å². The van der Waals surface area contributed by atoms with Crippen LogP contribution in [0, 0.1) is 0 Å². The summed E-state index contributed by atoms with van der Waals surface area (Å²) < 4.78 is 7.52. The molecular formula is C27H33ClN6O3. The minimum atomic E-state index is -0.128. The number of aryl methyl sites for hydroxylation is 1. The Morgan fingerprint density at radius 3 is 2.76 bits per heavy atom. The van der Waals surface area contributed by atoms with Gasteiger partial charge in [0, 0.05) is 69.3 Å². The summed E-state index contributed by atoms with van der Waals surface area (Å²) in [5, 5.41) is 4.05. The van der Waals surface area contributed by atoms with Crippen LogP contribution in [0.2, 0.25) is 0 Å². The number of hydrogen-bond acceptors (Lipinski definition) is 5. The van der Waals surface area contributed by atoms with Crippen LogP contribution in [0.3, 0.4) is 0 Å². The molecule has 0 bridgehead atoms. The summed E-state index contributed by atoms with van der Waals surface area (Å²) in [4.78, 5) is 35.5. The predicted octanol–water partition coefficient (Wildman–Crippen LogP) is 3.35. The summed E-state index contributed by atoms with van der Waals surface area (Å²) in [6.07, 6.45) is 5.03. The fraction of sp³-hybridized carbons (Fsp3) is 0.370. The second-order valence-electron chi connectivity index (χ2n) is 9.36.